The summed E-state index contributed by atoms with van der Waals surface area (Å²) in [6.45, 7) is 3.04. The summed E-state index contributed by atoms with van der Waals surface area (Å²) in [6.07, 6.45) is 1.05. The van der Waals surface area contributed by atoms with E-state index in [2.05, 4.69) is 16.5 Å². The van der Waals surface area contributed by atoms with Crippen molar-refractivity contribution < 1.29 is 5.11 Å². The van der Waals surface area contributed by atoms with Crippen molar-refractivity contribution in [2.45, 2.75) is 26.5 Å². The quantitative estimate of drug-likeness (QED) is 0.803. The van der Waals surface area contributed by atoms with Crippen LogP contribution in [0.3, 0.4) is 0 Å². The minimum absolute atomic E-state index is 0.00861. The molecular weight excluding hydrogens is 176 g/mol. The maximum Gasteiger partial charge on any atom is 0.135 e. The summed E-state index contributed by atoms with van der Waals surface area (Å²) in [5, 5.41) is 9.16. The molecule has 0 fully saturated rings. The lowest BCUT2D eigenvalue weighted by Gasteiger charge is -2.04. The molecule has 0 aliphatic rings. The number of aliphatic hydroxyl groups is 1. The van der Waals surface area contributed by atoms with Crippen LogP contribution in [0.25, 0.3) is 11.0 Å². The maximum atomic E-state index is 9.16. The number of imidazole rings is 1. The molecule has 1 aromatic carbocycles. The molecular formula is C11H14N2O. The third kappa shape index (κ3) is 1.40. The molecule has 0 bridgehead atoms. The van der Waals surface area contributed by atoms with Crippen molar-refractivity contribution in [2.24, 2.45) is 0 Å². The molecule has 0 radical (unpaired) electrons. The summed E-state index contributed by atoms with van der Waals surface area (Å²) in [4.78, 5) is 4.36. The number of para-hydroxylation sites is 2. The van der Waals surface area contributed by atoms with Crippen LogP contribution in [-0.2, 0) is 13.2 Å². The molecule has 0 spiro atoms. The number of hydrogen-bond donors (Lipinski definition) is 1. The van der Waals surface area contributed by atoms with Gasteiger partial charge in [-0.1, -0.05) is 19.1 Å². The number of aromatic nitrogens is 2. The van der Waals surface area contributed by atoms with Crippen LogP contribution in [-0.4, -0.2) is 14.7 Å². The highest BCUT2D eigenvalue weighted by Crippen LogP contribution is 2.16. The van der Waals surface area contributed by atoms with Gasteiger partial charge in [0.05, 0.1) is 11.0 Å². The highest BCUT2D eigenvalue weighted by molar-refractivity contribution is 5.75. The third-order valence-corrected chi connectivity index (χ3v) is 2.32. The average molecular weight is 190 g/mol. The first-order chi connectivity index (χ1) is 6.86. The Labute approximate surface area is 83.0 Å². The fourth-order valence-electron chi connectivity index (χ4n) is 1.72. The molecule has 1 aromatic heterocycles. The second-order valence-corrected chi connectivity index (χ2v) is 3.33. The predicted molar refractivity (Wildman–Crippen MR) is 55.9 cm³/mol. The SMILES string of the molecule is CCCn1c(CO)nc2ccccc21. The van der Waals surface area contributed by atoms with Gasteiger partial charge in [0, 0.05) is 6.54 Å². The first-order valence-electron chi connectivity index (χ1n) is 4.91. The number of aliphatic hydroxyl groups excluding tert-OH is 1. The minimum Gasteiger partial charge on any atom is -0.388 e. The summed E-state index contributed by atoms with van der Waals surface area (Å²) < 4.78 is 2.08. The molecule has 0 saturated heterocycles. The topological polar surface area (TPSA) is 38.0 Å². The molecule has 0 atom stereocenters. The van der Waals surface area contributed by atoms with E-state index in [1.807, 2.05) is 24.3 Å². The Balaban J connectivity index is 2.61. The number of aryl methyl sites for hydroxylation is 1. The molecule has 2 aromatic rings. The second kappa shape index (κ2) is 3.80. The van der Waals surface area contributed by atoms with E-state index >= 15 is 0 Å². The molecule has 3 nitrogen and oxygen atoms in total. The zero-order valence-corrected chi connectivity index (χ0v) is 8.27. The Bertz CT molecular complexity index is 434. The highest BCUT2D eigenvalue weighted by atomic mass is 16.3. The van der Waals surface area contributed by atoms with Crippen LogP contribution in [0.4, 0.5) is 0 Å². The Kier molecular flexibility index (Phi) is 2.50. The molecule has 0 aliphatic carbocycles. The van der Waals surface area contributed by atoms with E-state index in [9.17, 15) is 0 Å². The lowest BCUT2D eigenvalue weighted by Crippen LogP contribution is -2.02. The minimum atomic E-state index is 0.00861. The van der Waals surface area contributed by atoms with Gasteiger partial charge in [0.1, 0.15) is 12.4 Å². The standard InChI is InChI=1S/C11H14N2O/c1-2-7-13-10-6-4-3-5-9(10)12-11(13)8-14/h3-6,14H,2,7-8H2,1H3. The van der Waals surface area contributed by atoms with Crippen LogP contribution < -0.4 is 0 Å². The van der Waals surface area contributed by atoms with E-state index in [0.29, 0.717) is 0 Å². The van der Waals surface area contributed by atoms with Crippen LogP contribution in [0.1, 0.15) is 19.2 Å². The molecule has 14 heavy (non-hydrogen) atoms. The molecule has 2 rings (SSSR count). The van der Waals surface area contributed by atoms with Crippen molar-refractivity contribution in [2.75, 3.05) is 0 Å². The number of rotatable bonds is 3. The van der Waals surface area contributed by atoms with Crippen molar-refractivity contribution in [1.82, 2.24) is 9.55 Å². The van der Waals surface area contributed by atoms with Crippen LogP contribution in [0.5, 0.6) is 0 Å². The molecule has 3 heteroatoms. The zero-order valence-electron chi connectivity index (χ0n) is 8.27. The number of hydrogen-bond acceptors (Lipinski definition) is 2. The van der Waals surface area contributed by atoms with Crippen LogP contribution in [0.15, 0.2) is 24.3 Å². The van der Waals surface area contributed by atoms with E-state index < -0.39 is 0 Å². The van der Waals surface area contributed by atoms with Gasteiger partial charge in [0.25, 0.3) is 0 Å². The van der Waals surface area contributed by atoms with Crippen molar-refractivity contribution in [3.63, 3.8) is 0 Å². The Hall–Kier alpha value is -1.35. The maximum absolute atomic E-state index is 9.16. The Morgan fingerprint density at radius 3 is 2.86 bits per heavy atom. The van der Waals surface area contributed by atoms with E-state index in [1.54, 1.807) is 0 Å². The number of fused-ring (bicyclic) bond motifs is 1. The van der Waals surface area contributed by atoms with Crippen molar-refractivity contribution in [3.05, 3.63) is 30.1 Å². The first kappa shape index (κ1) is 9.21. The molecule has 1 heterocycles. The highest BCUT2D eigenvalue weighted by Gasteiger charge is 2.07. The van der Waals surface area contributed by atoms with Crippen molar-refractivity contribution in [3.8, 4) is 0 Å². The van der Waals surface area contributed by atoms with Crippen LogP contribution >= 0.6 is 0 Å². The summed E-state index contributed by atoms with van der Waals surface area (Å²) in [6, 6.07) is 7.97. The van der Waals surface area contributed by atoms with Gasteiger partial charge in [0.15, 0.2) is 0 Å². The first-order valence-corrected chi connectivity index (χ1v) is 4.91. The van der Waals surface area contributed by atoms with Gasteiger partial charge < -0.3 is 9.67 Å². The van der Waals surface area contributed by atoms with E-state index in [0.717, 1.165) is 29.8 Å². The smallest absolute Gasteiger partial charge is 0.135 e. The van der Waals surface area contributed by atoms with Gasteiger partial charge in [-0.2, -0.15) is 0 Å². The number of benzene rings is 1. The molecule has 0 saturated carbocycles. The van der Waals surface area contributed by atoms with E-state index in [1.165, 1.54) is 0 Å². The van der Waals surface area contributed by atoms with Crippen molar-refractivity contribution >= 4 is 11.0 Å². The normalized spacial score (nSPS) is 11.0. The number of nitrogens with zero attached hydrogens (tertiary/aromatic N) is 2. The Morgan fingerprint density at radius 2 is 2.14 bits per heavy atom. The zero-order chi connectivity index (χ0) is 9.97. The van der Waals surface area contributed by atoms with Gasteiger partial charge in [-0.3, -0.25) is 0 Å². The molecule has 74 valence electrons. The lowest BCUT2D eigenvalue weighted by atomic mass is 10.3. The van der Waals surface area contributed by atoms with Gasteiger partial charge >= 0.3 is 0 Å². The van der Waals surface area contributed by atoms with Crippen molar-refractivity contribution in [1.29, 1.82) is 0 Å². The largest absolute Gasteiger partial charge is 0.388 e. The van der Waals surface area contributed by atoms with Crippen LogP contribution in [0, 0.1) is 0 Å². The van der Waals surface area contributed by atoms with Gasteiger partial charge in [-0.25, -0.2) is 4.98 Å². The summed E-state index contributed by atoms with van der Waals surface area (Å²) >= 11 is 0. The van der Waals surface area contributed by atoms with Gasteiger partial charge in [-0.05, 0) is 18.6 Å². The molecule has 0 aliphatic heterocycles. The summed E-state index contributed by atoms with van der Waals surface area (Å²) in [7, 11) is 0. The fourth-order valence-corrected chi connectivity index (χ4v) is 1.72. The average Bonchev–Trinajstić information content (AvgIpc) is 2.58. The molecule has 0 amide bonds. The second-order valence-electron chi connectivity index (χ2n) is 3.33. The van der Waals surface area contributed by atoms with Crippen LogP contribution in [0.2, 0.25) is 0 Å². The monoisotopic (exact) mass is 190 g/mol. The fraction of sp³-hybridized carbons (Fsp3) is 0.364. The molecule has 1 N–H and O–H groups in total. The lowest BCUT2D eigenvalue weighted by molar-refractivity contribution is 0.265. The van der Waals surface area contributed by atoms with E-state index in [4.69, 9.17) is 5.11 Å². The van der Waals surface area contributed by atoms with E-state index in [-0.39, 0.29) is 6.61 Å². The van der Waals surface area contributed by atoms with Gasteiger partial charge in [-0.15, -0.1) is 0 Å². The third-order valence-electron chi connectivity index (χ3n) is 2.32. The Morgan fingerprint density at radius 1 is 1.36 bits per heavy atom. The van der Waals surface area contributed by atoms with Gasteiger partial charge in [0.2, 0.25) is 0 Å². The summed E-state index contributed by atoms with van der Waals surface area (Å²) in [5.41, 5.74) is 2.07. The predicted octanol–water partition coefficient (Wildman–Crippen LogP) is 1.94. The summed E-state index contributed by atoms with van der Waals surface area (Å²) in [5.74, 6) is 0.757. The molecule has 0 unspecified atom stereocenters.